The van der Waals surface area contributed by atoms with Crippen LogP contribution in [0.2, 0.25) is 0 Å². The van der Waals surface area contributed by atoms with Gasteiger partial charge in [0.15, 0.2) is 5.82 Å². The van der Waals surface area contributed by atoms with Crippen LogP contribution < -0.4 is 0 Å². The van der Waals surface area contributed by atoms with Crippen LogP contribution in [0.25, 0.3) is 109 Å². The number of rotatable bonds is 6. The number of furan rings is 1. The molecule has 0 bridgehead atoms. The summed E-state index contributed by atoms with van der Waals surface area (Å²) in [5.41, 5.74) is 13.0. The zero-order chi connectivity index (χ0) is 37.0. The number of para-hydroxylation sites is 1. The first-order valence-electron chi connectivity index (χ1n) is 18.8. The normalized spacial score (nSPS) is 11.6. The van der Waals surface area contributed by atoms with Gasteiger partial charge in [0, 0.05) is 47.6 Å². The van der Waals surface area contributed by atoms with Crippen LogP contribution in [0.15, 0.2) is 199 Å². The molecule has 56 heavy (non-hydrogen) atoms. The Morgan fingerprint density at radius 3 is 1.66 bits per heavy atom. The second-order valence-electron chi connectivity index (χ2n) is 14.1. The van der Waals surface area contributed by atoms with E-state index in [-0.39, 0.29) is 0 Å². The predicted octanol–water partition coefficient (Wildman–Crippen LogP) is 14.7. The van der Waals surface area contributed by atoms with Crippen LogP contribution in [-0.4, -0.2) is 9.97 Å². The number of nitrogens with zero attached hydrogens (tertiary/aromatic N) is 2. The number of hydrogen-bond donors (Lipinski definition) is 0. The summed E-state index contributed by atoms with van der Waals surface area (Å²) < 4.78 is 9.39. The summed E-state index contributed by atoms with van der Waals surface area (Å²) in [6.07, 6.45) is 0. The van der Waals surface area contributed by atoms with Gasteiger partial charge in [-0.05, 0) is 81.9 Å². The quantitative estimate of drug-likeness (QED) is 0.171. The molecule has 0 spiro atoms. The molecule has 3 heterocycles. The minimum absolute atomic E-state index is 0.653. The van der Waals surface area contributed by atoms with Crippen molar-refractivity contribution >= 4 is 53.4 Å². The van der Waals surface area contributed by atoms with E-state index in [0.717, 1.165) is 83.4 Å². The number of benzene rings is 8. The lowest BCUT2D eigenvalue weighted by atomic mass is 9.94. The van der Waals surface area contributed by atoms with Gasteiger partial charge in [-0.15, -0.1) is 11.3 Å². The Kier molecular flexibility index (Phi) is 7.68. The van der Waals surface area contributed by atoms with Crippen molar-refractivity contribution in [2.75, 3.05) is 0 Å². The minimum Gasteiger partial charge on any atom is -0.455 e. The molecule has 0 atom stereocenters. The molecule has 3 nitrogen and oxygen atoms in total. The van der Waals surface area contributed by atoms with E-state index in [9.17, 15) is 0 Å². The van der Waals surface area contributed by atoms with E-state index in [1.54, 1.807) is 0 Å². The van der Waals surface area contributed by atoms with Crippen molar-refractivity contribution in [1.82, 2.24) is 9.97 Å². The Balaban J connectivity index is 1.14. The van der Waals surface area contributed by atoms with Gasteiger partial charge >= 0.3 is 0 Å². The van der Waals surface area contributed by atoms with Crippen LogP contribution in [0.5, 0.6) is 0 Å². The Morgan fingerprint density at radius 2 is 0.929 bits per heavy atom. The van der Waals surface area contributed by atoms with Gasteiger partial charge in [-0.1, -0.05) is 146 Å². The molecule has 0 radical (unpaired) electrons. The molecule has 11 rings (SSSR count). The minimum atomic E-state index is 0.653. The SMILES string of the molecule is c1ccc(-c2cc(-c3ccccc3)cc(-c3nc(-c4ccccc4)cc(-c4ccc(-c5ccc6c(c5)sc5ccccc56)c5c4oc4ccccc45)n3)c2)cc1. The predicted molar refractivity (Wildman–Crippen MR) is 235 cm³/mol. The average molecular weight is 733 g/mol. The van der Waals surface area contributed by atoms with Crippen LogP contribution in [0, 0.1) is 0 Å². The summed E-state index contributed by atoms with van der Waals surface area (Å²) in [6, 6.07) is 68.4. The van der Waals surface area contributed by atoms with Crippen molar-refractivity contribution in [3.63, 3.8) is 0 Å². The van der Waals surface area contributed by atoms with Crippen molar-refractivity contribution in [2.45, 2.75) is 0 Å². The first-order chi connectivity index (χ1) is 27.7. The van der Waals surface area contributed by atoms with Crippen LogP contribution in [0.3, 0.4) is 0 Å². The molecule has 11 aromatic rings. The molecule has 262 valence electrons. The summed E-state index contributed by atoms with van der Waals surface area (Å²) in [6.45, 7) is 0. The van der Waals surface area contributed by atoms with E-state index in [0.29, 0.717) is 5.82 Å². The Labute approximate surface area is 327 Å². The second kappa shape index (κ2) is 13.3. The Hall–Kier alpha value is -7.14. The van der Waals surface area contributed by atoms with Gasteiger partial charge in [-0.25, -0.2) is 9.97 Å². The van der Waals surface area contributed by atoms with E-state index in [1.807, 2.05) is 23.5 Å². The lowest BCUT2D eigenvalue weighted by Crippen LogP contribution is -1.97. The Bertz CT molecular complexity index is 3180. The first kappa shape index (κ1) is 32.3. The summed E-state index contributed by atoms with van der Waals surface area (Å²) >= 11 is 1.84. The van der Waals surface area contributed by atoms with Gasteiger partial charge in [0.2, 0.25) is 0 Å². The molecule has 0 fully saturated rings. The highest BCUT2D eigenvalue weighted by Gasteiger charge is 2.21. The standard InChI is InChI=1S/C52H32N2OS/c1-4-14-33(15-5-1)37-28-38(34-16-6-2-7-17-34)30-39(29-37)52-53-45(35-18-8-3-9-19-35)32-46(54-52)43-27-26-40(50-44-21-10-12-22-47(44)55-51(43)50)36-24-25-42-41-20-11-13-23-48(41)56-49(42)31-36/h1-32H. The fraction of sp³-hybridized carbons (Fsp3) is 0. The molecule has 3 aromatic heterocycles. The van der Waals surface area contributed by atoms with Crippen molar-refractivity contribution in [3.05, 3.63) is 194 Å². The van der Waals surface area contributed by atoms with Gasteiger partial charge in [-0.2, -0.15) is 0 Å². The third-order valence-corrected chi connectivity index (χ3v) is 11.8. The number of fused-ring (bicyclic) bond motifs is 6. The highest BCUT2D eigenvalue weighted by Crippen LogP contribution is 2.44. The van der Waals surface area contributed by atoms with Crippen molar-refractivity contribution in [2.24, 2.45) is 0 Å². The van der Waals surface area contributed by atoms with E-state index >= 15 is 0 Å². The molecule has 8 aromatic carbocycles. The third-order valence-electron chi connectivity index (χ3n) is 10.7. The first-order valence-corrected chi connectivity index (χ1v) is 19.6. The van der Waals surface area contributed by atoms with Gasteiger partial charge in [0.25, 0.3) is 0 Å². The largest absolute Gasteiger partial charge is 0.455 e. The van der Waals surface area contributed by atoms with Gasteiger partial charge in [0.1, 0.15) is 11.2 Å². The molecule has 0 aliphatic heterocycles. The van der Waals surface area contributed by atoms with Gasteiger partial charge in [0.05, 0.1) is 11.4 Å². The Morgan fingerprint density at radius 1 is 0.357 bits per heavy atom. The van der Waals surface area contributed by atoms with E-state index in [2.05, 4.69) is 182 Å². The summed E-state index contributed by atoms with van der Waals surface area (Å²) in [5.74, 6) is 0.653. The number of aromatic nitrogens is 2. The zero-order valence-electron chi connectivity index (χ0n) is 30.2. The zero-order valence-corrected chi connectivity index (χ0v) is 31.0. The summed E-state index contributed by atoms with van der Waals surface area (Å²) in [4.78, 5) is 10.7. The summed E-state index contributed by atoms with van der Waals surface area (Å²) in [7, 11) is 0. The average Bonchev–Trinajstić information content (AvgIpc) is 3.85. The van der Waals surface area contributed by atoms with Gasteiger partial charge < -0.3 is 4.42 Å². The maximum absolute atomic E-state index is 6.82. The van der Waals surface area contributed by atoms with Crippen LogP contribution in [0.1, 0.15) is 0 Å². The summed E-state index contributed by atoms with van der Waals surface area (Å²) in [5, 5.41) is 4.74. The molecule has 4 heteroatoms. The molecule has 0 amide bonds. The van der Waals surface area contributed by atoms with Crippen LogP contribution >= 0.6 is 11.3 Å². The van der Waals surface area contributed by atoms with Crippen molar-refractivity contribution in [3.8, 4) is 67.3 Å². The van der Waals surface area contributed by atoms with E-state index < -0.39 is 0 Å². The molecule has 0 aliphatic carbocycles. The maximum Gasteiger partial charge on any atom is 0.160 e. The van der Waals surface area contributed by atoms with Crippen molar-refractivity contribution in [1.29, 1.82) is 0 Å². The fourth-order valence-corrected chi connectivity index (χ4v) is 9.13. The molecular formula is C52H32N2OS. The maximum atomic E-state index is 6.82. The number of hydrogen-bond acceptors (Lipinski definition) is 4. The monoisotopic (exact) mass is 732 g/mol. The fourth-order valence-electron chi connectivity index (χ4n) is 7.99. The lowest BCUT2D eigenvalue weighted by molar-refractivity contribution is 0.670. The topological polar surface area (TPSA) is 38.9 Å². The molecule has 0 N–H and O–H groups in total. The van der Waals surface area contributed by atoms with Crippen LogP contribution in [-0.2, 0) is 0 Å². The van der Waals surface area contributed by atoms with Crippen molar-refractivity contribution < 1.29 is 4.42 Å². The van der Waals surface area contributed by atoms with E-state index in [1.165, 1.54) is 20.2 Å². The lowest BCUT2D eigenvalue weighted by Gasteiger charge is -2.14. The smallest absolute Gasteiger partial charge is 0.160 e. The van der Waals surface area contributed by atoms with Gasteiger partial charge in [-0.3, -0.25) is 0 Å². The second-order valence-corrected chi connectivity index (χ2v) is 15.2. The van der Waals surface area contributed by atoms with E-state index in [4.69, 9.17) is 14.4 Å². The molecule has 0 saturated heterocycles. The molecule has 0 saturated carbocycles. The van der Waals surface area contributed by atoms with Crippen LogP contribution in [0.4, 0.5) is 0 Å². The highest BCUT2D eigenvalue weighted by atomic mass is 32.1. The third kappa shape index (κ3) is 5.58. The molecular weight excluding hydrogens is 701 g/mol. The highest BCUT2D eigenvalue weighted by molar-refractivity contribution is 7.25. The molecule has 0 unspecified atom stereocenters. The molecule has 0 aliphatic rings. The number of thiophene rings is 1.